The molecular formula is C15H12BrCl2FO. The van der Waals surface area contributed by atoms with Gasteiger partial charge >= 0.3 is 0 Å². The molecule has 0 aromatic heterocycles. The van der Waals surface area contributed by atoms with Crippen molar-refractivity contribution in [1.82, 2.24) is 0 Å². The van der Waals surface area contributed by atoms with Gasteiger partial charge < -0.3 is 5.11 Å². The highest BCUT2D eigenvalue weighted by molar-refractivity contribution is 9.10. The first-order valence-electron chi connectivity index (χ1n) is 5.91. The molecule has 2 aromatic carbocycles. The fourth-order valence-electron chi connectivity index (χ4n) is 2.06. The summed E-state index contributed by atoms with van der Waals surface area (Å²) in [6.45, 7) is 1.65. The summed E-state index contributed by atoms with van der Waals surface area (Å²) in [5.74, 6) is -0.403. The molecule has 1 atom stereocenters. The highest BCUT2D eigenvalue weighted by atomic mass is 79.9. The maximum atomic E-state index is 13.0. The largest absolute Gasteiger partial charge is 0.385 e. The van der Waals surface area contributed by atoms with Crippen LogP contribution in [0.15, 0.2) is 40.9 Å². The average Bonchev–Trinajstić information content (AvgIpc) is 2.32. The lowest BCUT2D eigenvalue weighted by Crippen LogP contribution is -2.25. The van der Waals surface area contributed by atoms with Gasteiger partial charge in [0, 0.05) is 26.5 Å². The van der Waals surface area contributed by atoms with Gasteiger partial charge in [0.2, 0.25) is 0 Å². The van der Waals surface area contributed by atoms with E-state index < -0.39 is 11.4 Å². The van der Waals surface area contributed by atoms with Gasteiger partial charge in [0.15, 0.2) is 0 Å². The molecule has 1 nitrogen and oxygen atoms in total. The van der Waals surface area contributed by atoms with E-state index in [1.165, 1.54) is 12.1 Å². The van der Waals surface area contributed by atoms with Crippen LogP contribution in [-0.2, 0) is 12.0 Å². The normalized spacial score (nSPS) is 14.1. The lowest BCUT2D eigenvalue weighted by molar-refractivity contribution is 0.0577. The third-order valence-electron chi connectivity index (χ3n) is 3.06. The van der Waals surface area contributed by atoms with Crippen molar-refractivity contribution in [1.29, 1.82) is 0 Å². The zero-order chi connectivity index (χ0) is 14.9. The molecule has 1 N–H and O–H groups in total. The predicted molar refractivity (Wildman–Crippen MR) is 83.8 cm³/mol. The number of hydrogen-bond acceptors (Lipinski definition) is 1. The smallest absolute Gasteiger partial charge is 0.124 e. The monoisotopic (exact) mass is 376 g/mol. The van der Waals surface area contributed by atoms with E-state index in [4.69, 9.17) is 23.2 Å². The molecule has 0 aliphatic heterocycles. The van der Waals surface area contributed by atoms with Crippen LogP contribution in [0, 0.1) is 5.82 Å². The summed E-state index contributed by atoms with van der Waals surface area (Å²) in [4.78, 5) is 0. The Hall–Kier alpha value is -0.610. The van der Waals surface area contributed by atoms with E-state index in [9.17, 15) is 9.50 Å². The number of halogens is 4. The van der Waals surface area contributed by atoms with Crippen LogP contribution in [0.3, 0.4) is 0 Å². The third kappa shape index (κ3) is 3.53. The van der Waals surface area contributed by atoms with Crippen LogP contribution in [0.4, 0.5) is 4.39 Å². The molecule has 0 amide bonds. The van der Waals surface area contributed by atoms with E-state index >= 15 is 0 Å². The summed E-state index contributed by atoms with van der Waals surface area (Å²) in [5, 5.41) is 11.4. The summed E-state index contributed by atoms with van der Waals surface area (Å²) in [6.07, 6.45) is 0.244. The zero-order valence-corrected chi connectivity index (χ0v) is 13.7. The van der Waals surface area contributed by atoms with Crippen molar-refractivity contribution >= 4 is 39.1 Å². The summed E-state index contributed by atoms with van der Waals surface area (Å²) >= 11 is 15.5. The first-order chi connectivity index (χ1) is 9.29. The molecule has 106 valence electrons. The van der Waals surface area contributed by atoms with Crippen LogP contribution in [0.25, 0.3) is 0 Å². The summed E-state index contributed by atoms with van der Waals surface area (Å²) in [5.41, 5.74) is 0.0685. The Morgan fingerprint density at radius 2 is 1.85 bits per heavy atom. The lowest BCUT2D eigenvalue weighted by Gasteiger charge is -2.25. The van der Waals surface area contributed by atoms with Crippen molar-refractivity contribution in [3.8, 4) is 0 Å². The Balaban J connectivity index is 2.35. The molecule has 20 heavy (non-hydrogen) atoms. The summed E-state index contributed by atoms with van der Waals surface area (Å²) in [7, 11) is 0. The van der Waals surface area contributed by atoms with Gasteiger partial charge in [-0.3, -0.25) is 0 Å². The maximum absolute atomic E-state index is 13.0. The molecule has 0 fully saturated rings. The topological polar surface area (TPSA) is 20.2 Å². The van der Waals surface area contributed by atoms with Crippen LogP contribution in [-0.4, -0.2) is 5.11 Å². The van der Waals surface area contributed by atoms with Crippen molar-refractivity contribution in [2.24, 2.45) is 0 Å². The highest BCUT2D eigenvalue weighted by Gasteiger charge is 2.27. The molecule has 0 aliphatic rings. The standard InChI is InChI=1S/C15H12BrCl2FO/c1-15(20,12-5-3-10(16)6-14(12)18)8-9-2-4-11(19)7-13(9)17/h2-7,20H,8H2,1H3. The quantitative estimate of drug-likeness (QED) is 0.764. The average molecular weight is 378 g/mol. The van der Waals surface area contributed by atoms with E-state index in [2.05, 4.69) is 15.9 Å². The Bertz CT molecular complexity index is 644. The predicted octanol–water partition coefficient (Wildman–Crippen LogP) is 5.35. The third-order valence-corrected chi connectivity index (χ3v) is 4.22. The molecule has 0 spiro atoms. The Morgan fingerprint density at radius 1 is 1.15 bits per heavy atom. The number of hydrogen-bond donors (Lipinski definition) is 1. The highest BCUT2D eigenvalue weighted by Crippen LogP contribution is 2.34. The molecule has 2 aromatic rings. The lowest BCUT2D eigenvalue weighted by atomic mass is 9.89. The van der Waals surface area contributed by atoms with Gasteiger partial charge in [0.05, 0.1) is 5.60 Å². The van der Waals surface area contributed by atoms with E-state index in [0.29, 0.717) is 21.2 Å². The first-order valence-corrected chi connectivity index (χ1v) is 7.46. The summed E-state index contributed by atoms with van der Waals surface area (Å²) in [6, 6.07) is 9.40. The minimum Gasteiger partial charge on any atom is -0.385 e. The van der Waals surface area contributed by atoms with E-state index in [0.717, 1.165) is 4.47 Å². The molecule has 0 bridgehead atoms. The second kappa shape index (κ2) is 6.02. The van der Waals surface area contributed by atoms with Crippen LogP contribution in [0.2, 0.25) is 10.0 Å². The Kier molecular flexibility index (Phi) is 4.75. The van der Waals surface area contributed by atoms with Gasteiger partial charge in [0.25, 0.3) is 0 Å². The Labute approximate surface area is 135 Å². The molecule has 1 unspecified atom stereocenters. The minimum atomic E-state index is -1.20. The summed E-state index contributed by atoms with van der Waals surface area (Å²) < 4.78 is 13.9. The van der Waals surface area contributed by atoms with Crippen molar-refractivity contribution in [3.63, 3.8) is 0 Å². The maximum Gasteiger partial charge on any atom is 0.124 e. The van der Waals surface area contributed by atoms with Crippen LogP contribution in [0.5, 0.6) is 0 Å². The molecule has 0 heterocycles. The second-order valence-corrected chi connectivity index (χ2v) is 6.54. The van der Waals surface area contributed by atoms with Gasteiger partial charge in [-0.1, -0.05) is 51.3 Å². The molecule has 5 heteroatoms. The van der Waals surface area contributed by atoms with Crippen LogP contribution >= 0.6 is 39.1 Å². The number of benzene rings is 2. The molecule has 2 rings (SSSR count). The SMILES string of the molecule is CC(O)(Cc1ccc(F)cc1Cl)c1ccc(Br)cc1Cl. The van der Waals surface area contributed by atoms with Crippen molar-refractivity contribution < 1.29 is 9.50 Å². The minimum absolute atomic E-state index is 0.244. The van der Waals surface area contributed by atoms with Crippen molar-refractivity contribution in [3.05, 3.63) is 67.9 Å². The zero-order valence-electron chi connectivity index (χ0n) is 10.6. The van der Waals surface area contributed by atoms with Crippen LogP contribution in [0.1, 0.15) is 18.1 Å². The van der Waals surface area contributed by atoms with Crippen molar-refractivity contribution in [2.75, 3.05) is 0 Å². The molecule has 0 radical (unpaired) electrons. The molecule has 0 aliphatic carbocycles. The van der Waals surface area contributed by atoms with E-state index in [1.807, 2.05) is 6.07 Å². The van der Waals surface area contributed by atoms with Crippen molar-refractivity contribution in [2.45, 2.75) is 18.9 Å². The fraction of sp³-hybridized carbons (Fsp3) is 0.200. The van der Waals surface area contributed by atoms with Crippen LogP contribution < -0.4 is 0 Å². The fourth-order valence-corrected chi connectivity index (χ4v) is 3.17. The first kappa shape index (κ1) is 15.8. The van der Waals surface area contributed by atoms with Gasteiger partial charge in [-0.05, 0) is 36.8 Å². The molecular weight excluding hydrogens is 366 g/mol. The van der Waals surface area contributed by atoms with Gasteiger partial charge in [-0.15, -0.1) is 0 Å². The van der Waals surface area contributed by atoms with Gasteiger partial charge in [-0.2, -0.15) is 0 Å². The Morgan fingerprint density at radius 3 is 2.45 bits per heavy atom. The van der Waals surface area contributed by atoms with Gasteiger partial charge in [0.1, 0.15) is 5.82 Å². The van der Waals surface area contributed by atoms with Gasteiger partial charge in [-0.25, -0.2) is 4.39 Å². The van der Waals surface area contributed by atoms with E-state index in [1.54, 1.807) is 25.1 Å². The number of aliphatic hydroxyl groups is 1. The molecule has 0 saturated heterocycles. The van der Waals surface area contributed by atoms with E-state index in [-0.39, 0.29) is 6.42 Å². The number of rotatable bonds is 3. The second-order valence-electron chi connectivity index (χ2n) is 4.81. The molecule has 0 saturated carbocycles.